The monoisotopic (exact) mass is 339 g/mol. The second kappa shape index (κ2) is 7.97. The van der Waals surface area contributed by atoms with Gasteiger partial charge in [0.25, 0.3) is 0 Å². The third-order valence-electron chi connectivity index (χ3n) is 2.68. The number of hydrogen-bond acceptors (Lipinski definition) is 5. The Morgan fingerprint density at radius 1 is 1.40 bits per heavy atom. The van der Waals surface area contributed by atoms with Gasteiger partial charge in [-0.2, -0.15) is 0 Å². The van der Waals surface area contributed by atoms with Crippen LogP contribution in [0.25, 0.3) is 0 Å². The summed E-state index contributed by atoms with van der Waals surface area (Å²) in [6, 6.07) is 1.56. The van der Waals surface area contributed by atoms with Crippen molar-refractivity contribution in [3.8, 4) is 0 Å². The summed E-state index contributed by atoms with van der Waals surface area (Å²) in [5, 5.41) is 0. The number of thiophene rings is 1. The molecule has 0 fully saturated rings. The number of rotatable bonds is 8. The van der Waals surface area contributed by atoms with E-state index in [0.29, 0.717) is 30.1 Å². The Morgan fingerprint density at radius 3 is 2.65 bits per heavy atom. The van der Waals surface area contributed by atoms with Gasteiger partial charge in [-0.15, -0.1) is 11.3 Å². The van der Waals surface area contributed by atoms with E-state index in [1.165, 1.54) is 7.11 Å². The lowest BCUT2D eigenvalue weighted by molar-refractivity contribution is -0.140. The van der Waals surface area contributed by atoms with E-state index in [9.17, 15) is 13.2 Å². The SMILES string of the molecule is COC(=O)CCCCCNS(=O)(=O)c1cc(C)c(Cl)s1. The number of ether oxygens (including phenoxy) is 1. The van der Waals surface area contributed by atoms with Crippen LogP contribution >= 0.6 is 22.9 Å². The maximum Gasteiger partial charge on any atom is 0.305 e. The summed E-state index contributed by atoms with van der Waals surface area (Å²) in [6.07, 6.45) is 2.50. The van der Waals surface area contributed by atoms with E-state index in [1.807, 2.05) is 0 Å². The largest absolute Gasteiger partial charge is 0.469 e. The fraction of sp³-hybridized carbons (Fsp3) is 0.583. The topological polar surface area (TPSA) is 72.5 Å². The smallest absolute Gasteiger partial charge is 0.305 e. The lowest BCUT2D eigenvalue weighted by atomic mass is 10.2. The Kier molecular flexibility index (Phi) is 6.94. The number of carbonyl (C=O) groups excluding carboxylic acids is 1. The quantitative estimate of drug-likeness (QED) is 0.584. The molecule has 8 heteroatoms. The summed E-state index contributed by atoms with van der Waals surface area (Å²) in [4.78, 5) is 10.9. The number of hydrogen-bond donors (Lipinski definition) is 1. The van der Waals surface area contributed by atoms with Crippen molar-refractivity contribution in [3.05, 3.63) is 16.0 Å². The van der Waals surface area contributed by atoms with E-state index in [1.54, 1.807) is 13.0 Å². The number of sulfonamides is 1. The number of nitrogens with one attached hydrogen (secondary N) is 1. The number of halogens is 1. The molecule has 1 N–H and O–H groups in total. The van der Waals surface area contributed by atoms with Gasteiger partial charge in [-0.1, -0.05) is 18.0 Å². The first-order valence-electron chi connectivity index (χ1n) is 6.19. The van der Waals surface area contributed by atoms with Gasteiger partial charge < -0.3 is 4.74 Å². The summed E-state index contributed by atoms with van der Waals surface area (Å²) in [7, 11) is -2.13. The van der Waals surface area contributed by atoms with Crippen LogP contribution in [0.5, 0.6) is 0 Å². The maximum absolute atomic E-state index is 12.0. The van der Waals surface area contributed by atoms with Crippen LogP contribution in [0.1, 0.15) is 31.2 Å². The van der Waals surface area contributed by atoms with E-state index in [-0.39, 0.29) is 10.2 Å². The minimum Gasteiger partial charge on any atom is -0.469 e. The van der Waals surface area contributed by atoms with E-state index >= 15 is 0 Å². The molecule has 0 bridgehead atoms. The highest BCUT2D eigenvalue weighted by atomic mass is 35.5. The average molecular weight is 340 g/mol. The molecular weight excluding hydrogens is 322 g/mol. The lowest BCUT2D eigenvalue weighted by Crippen LogP contribution is -2.24. The first-order valence-corrected chi connectivity index (χ1v) is 8.87. The Balaban J connectivity index is 2.32. The highest BCUT2D eigenvalue weighted by Crippen LogP contribution is 2.29. The zero-order chi connectivity index (χ0) is 15.2. The molecular formula is C12H18ClNO4S2. The molecule has 0 aliphatic carbocycles. The van der Waals surface area contributed by atoms with E-state index < -0.39 is 10.0 Å². The average Bonchev–Trinajstić information content (AvgIpc) is 2.74. The number of carbonyl (C=O) groups is 1. The van der Waals surface area contributed by atoms with Crippen molar-refractivity contribution in [3.63, 3.8) is 0 Å². The molecule has 0 aliphatic rings. The van der Waals surface area contributed by atoms with Crippen LogP contribution in [-0.4, -0.2) is 28.0 Å². The van der Waals surface area contributed by atoms with E-state index in [4.69, 9.17) is 11.6 Å². The van der Waals surface area contributed by atoms with Crippen molar-refractivity contribution in [1.82, 2.24) is 4.72 Å². The fourth-order valence-corrected chi connectivity index (χ4v) is 4.34. The van der Waals surface area contributed by atoms with Crippen LogP contribution in [-0.2, 0) is 19.6 Å². The molecule has 1 heterocycles. The molecule has 1 aromatic rings. The van der Waals surface area contributed by atoms with Gasteiger partial charge in [0.1, 0.15) is 4.21 Å². The molecule has 114 valence electrons. The van der Waals surface area contributed by atoms with Crippen LogP contribution in [0.15, 0.2) is 10.3 Å². The molecule has 20 heavy (non-hydrogen) atoms. The van der Waals surface area contributed by atoms with Crippen molar-refractivity contribution >= 4 is 38.9 Å². The number of unbranched alkanes of at least 4 members (excludes halogenated alkanes) is 2. The van der Waals surface area contributed by atoms with E-state index in [0.717, 1.165) is 23.3 Å². The zero-order valence-corrected chi connectivity index (χ0v) is 13.8. The van der Waals surface area contributed by atoms with Crippen LogP contribution in [0.2, 0.25) is 4.34 Å². The molecule has 0 saturated heterocycles. The summed E-state index contributed by atoms with van der Waals surface area (Å²) in [6.45, 7) is 2.11. The second-order valence-corrected chi connectivity index (χ2v) is 7.95. The molecule has 0 aliphatic heterocycles. The molecule has 5 nitrogen and oxygen atoms in total. The van der Waals surface area contributed by atoms with Gasteiger partial charge in [-0.25, -0.2) is 13.1 Å². The van der Waals surface area contributed by atoms with E-state index in [2.05, 4.69) is 9.46 Å². The number of methoxy groups -OCH3 is 1. The molecule has 0 amide bonds. The van der Waals surface area contributed by atoms with Gasteiger partial charge >= 0.3 is 5.97 Å². The van der Waals surface area contributed by atoms with Gasteiger partial charge in [0.05, 0.1) is 11.4 Å². The number of esters is 1. The molecule has 0 aromatic carbocycles. The highest BCUT2D eigenvalue weighted by Gasteiger charge is 2.17. The molecule has 1 rings (SSSR count). The third kappa shape index (κ3) is 5.40. The second-order valence-electron chi connectivity index (χ2n) is 4.31. The summed E-state index contributed by atoms with van der Waals surface area (Å²) < 4.78 is 31.7. The van der Waals surface area contributed by atoms with Crippen molar-refractivity contribution in [2.24, 2.45) is 0 Å². The predicted molar refractivity (Wildman–Crippen MR) is 79.7 cm³/mol. The number of aryl methyl sites for hydroxylation is 1. The standard InChI is InChI=1S/C12H18ClNO4S2/c1-9-8-11(19-12(9)13)20(16,17)14-7-5-3-4-6-10(15)18-2/h8,14H,3-7H2,1-2H3. The van der Waals surface area contributed by atoms with Gasteiger partial charge in [0, 0.05) is 13.0 Å². The maximum atomic E-state index is 12.0. The van der Waals surface area contributed by atoms with Crippen molar-refractivity contribution in [2.45, 2.75) is 36.8 Å². The summed E-state index contributed by atoms with van der Waals surface area (Å²) >= 11 is 6.91. The van der Waals surface area contributed by atoms with Crippen molar-refractivity contribution in [2.75, 3.05) is 13.7 Å². The van der Waals surface area contributed by atoms with Crippen LogP contribution < -0.4 is 4.72 Å². The molecule has 0 saturated carbocycles. The highest BCUT2D eigenvalue weighted by molar-refractivity contribution is 7.91. The molecule has 0 spiro atoms. The van der Waals surface area contributed by atoms with Crippen LogP contribution in [0.3, 0.4) is 0 Å². The normalized spacial score (nSPS) is 11.6. The first kappa shape index (κ1) is 17.4. The van der Waals surface area contributed by atoms with Crippen LogP contribution in [0, 0.1) is 6.92 Å². The molecule has 0 unspecified atom stereocenters. The predicted octanol–water partition coefficient (Wildman–Crippen LogP) is 2.72. The minimum absolute atomic E-state index is 0.231. The Bertz CT molecular complexity index is 534. The Hall–Kier alpha value is -0.630. The molecule has 1 aromatic heterocycles. The van der Waals surface area contributed by atoms with Gasteiger partial charge in [-0.05, 0) is 31.4 Å². The Labute approximate surface area is 128 Å². The third-order valence-corrected chi connectivity index (χ3v) is 6.17. The van der Waals surface area contributed by atoms with Gasteiger partial charge in [0.2, 0.25) is 10.0 Å². The van der Waals surface area contributed by atoms with Crippen molar-refractivity contribution < 1.29 is 17.9 Å². The van der Waals surface area contributed by atoms with Crippen molar-refractivity contribution in [1.29, 1.82) is 0 Å². The van der Waals surface area contributed by atoms with Gasteiger partial charge in [-0.3, -0.25) is 4.79 Å². The Morgan fingerprint density at radius 2 is 2.10 bits per heavy atom. The molecule has 0 atom stereocenters. The van der Waals surface area contributed by atoms with Crippen LogP contribution in [0.4, 0.5) is 0 Å². The summed E-state index contributed by atoms with van der Waals surface area (Å²) in [5.41, 5.74) is 0.759. The first-order chi connectivity index (χ1) is 9.36. The summed E-state index contributed by atoms with van der Waals surface area (Å²) in [5.74, 6) is -0.241. The zero-order valence-electron chi connectivity index (χ0n) is 11.4. The van der Waals surface area contributed by atoms with Gasteiger partial charge in [0.15, 0.2) is 0 Å². The lowest BCUT2D eigenvalue weighted by Gasteiger charge is -2.04. The molecule has 0 radical (unpaired) electrons. The minimum atomic E-state index is -3.48. The fourth-order valence-electron chi connectivity index (χ4n) is 1.52.